The Morgan fingerprint density at radius 2 is 1.65 bits per heavy atom. The van der Waals surface area contributed by atoms with Crippen LogP contribution in [0.4, 0.5) is 13.2 Å². The molecule has 1 N–H and O–H groups in total. The van der Waals surface area contributed by atoms with Crippen LogP contribution in [0.15, 0.2) is 77.6 Å². The monoisotopic (exact) mass is 439 g/mol. The molecule has 0 saturated heterocycles. The number of rotatable bonds is 2. The van der Waals surface area contributed by atoms with Crippen molar-refractivity contribution in [2.75, 3.05) is 0 Å². The summed E-state index contributed by atoms with van der Waals surface area (Å²) in [5.74, 6) is 0. The van der Waals surface area contributed by atoms with E-state index in [1.807, 2.05) is 18.2 Å². The topological polar surface area (TPSA) is 50.2 Å². The maximum atomic E-state index is 14.0. The van der Waals surface area contributed by atoms with Gasteiger partial charge in [-0.3, -0.25) is 4.79 Å². The Bertz CT molecular complexity index is 1500. The lowest BCUT2D eigenvalue weighted by Gasteiger charge is -2.10. The van der Waals surface area contributed by atoms with Crippen LogP contribution in [-0.4, -0.2) is 14.6 Å². The third kappa shape index (κ3) is 3.27. The molecule has 0 aliphatic heterocycles. The van der Waals surface area contributed by atoms with Crippen LogP contribution in [0.25, 0.3) is 38.8 Å². The smallest absolute Gasteiger partial charge is 0.339 e. The van der Waals surface area contributed by atoms with Gasteiger partial charge in [-0.1, -0.05) is 66.2 Å². The SMILES string of the molecule is O=c1cc(-c2ccc(Cl)cc2)[nH]c2c(-c3cccc4ccccc34)c(C(F)(F)F)nn12. The van der Waals surface area contributed by atoms with E-state index in [9.17, 15) is 18.0 Å². The van der Waals surface area contributed by atoms with E-state index < -0.39 is 17.4 Å². The number of nitrogens with zero attached hydrogens (tertiary/aromatic N) is 2. The molecule has 31 heavy (non-hydrogen) atoms. The van der Waals surface area contributed by atoms with E-state index in [-0.39, 0.29) is 11.2 Å². The first kappa shape index (κ1) is 19.4. The van der Waals surface area contributed by atoms with Crippen molar-refractivity contribution >= 4 is 28.0 Å². The standard InChI is InChI=1S/C23H13ClF3N3O/c24-15-10-8-14(9-11-15)18-12-19(31)30-22(28-18)20(21(29-30)23(25,26)27)17-7-3-5-13-4-1-2-6-16(13)17/h1-12,28H. The first-order chi connectivity index (χ1) is 14.8. The van der Waals surface area contributed by atoms with Gasteiger partial charge in [0, 0.05) is 11.1 Å². The van der Waals surface area contributed by atoms with Crippen LogP contribution in [0, 0.1) is 0 Å². The molecule has 0 spiro atoms. The lowest BCUT2D eigenvalue weighted by atomic mass is 9.98. The molecule has 0 atom stereocenters. The van der Waals surface area contributed by atoms with Crippen molar-refractivity contribution < 1.29 is 13.2 Å². The largest absolute Gasteiger partial charge is 0.435 e. The number of aromatic nitrogens is 3. The number of hydrogen-bond donors (Lipinski definition) is 1. The Morgan fingerprint density at radius 1 is 0.935 bits per heavy atom. The van der Waals surface area contributed by atoms with E-state index in [4.69, 9.17) is 11.6 Å². The van der Waals surface area contributed by atoms with E-state index >= 15 is 0 Å². The molecule has 0 aliphatic rings. The van der Waals surface area contributed by atoms with E-state index in [2.05, 4.69) is 10.1 Å². The molecule has 2 aromatic heterocycles. The fourth-order valence-corrected chi connectivity index (χ4v) is 3.85. The molecular weight excluding hydrogens is 427 g/mol. The van der Waals surface area contributed by atoms with Crippen molar-refractivity contribution in [1.82, 2.24) is 14.6 Å². The molecule has 0 fully saturated rings. The number of H-pyrrole nitrogens is 1. The molecular formula is C23H13ClF3N3O. The van der Waals surface area contributed by atoms with Gasteiger partial charge in [-0.2, -0.15) is 22.8 Å². The molecule has 5 rings (SSSR count). The number of aromatic amines is 1. The summed E-state index contributed by atoms with van der Waals surface area (Å²) >= 11 is 5.93. The maximum Gasteiger partial charge on any atom is 0.435 e. The van der Waals surface area contributed by atoms with Crippen molar-refractivity contribution in [1.29, 1.82) is 0 Å². The molecule has 154 valence electrons. The van der Waals surface area contributed by atoms with Gasteiger partial charge in [0.05, 0.1) is 11.3 Å². The van der Waals surface area contributed by atoms with Crippen LogP contribution < -0.4 is 5.56 Å². The highest BCUT2D eigenvalue weighted by molar-refractivity contribution is 6.30. The highest BCUT2D eigenvalue weighted by Crippen LogP contribution is 2.40. The lowest BCUT2D eigenvalue weighted by molar-refractivity contribution is -0.140. The number of alkyl halides is 3. The summed E-state index contributed by atoms with van der Waals surface area (Å²) in [6.07, 6.45) is -4.75. The van der Waals surface area contributed by atoms with Gasteiger partial charge in [0.15, 0.2) is 5.69 Å². The highest BCUT2D eigenvalue weighted by atomic mass is 35.5. The van der Waals surface area contributed by atoms with Crippen LogP contribution in [0.3, 0.4) is 0 Å². The first-order valence-electron chi connectivity index (χ1n) is 9.30. The second kappa shape index (κ2) is 6.99. The number of halogens is 4. The normalized spacial score (nSPS) is 12.0. The van der Waals surface area contributed by atoms with Gasteiger partial charge in [-0.15, -0.1) is 0 Å². The van der Waals surface area contributed by atoms with Crippen molar-refractivity contribution in [3.8, 4) is 22.4 Å². The van der Waals surface area contributed by atoms with Crippen molar-refractivity contribution in [2.45, 2.75) is 6.18 Å². The van der Waals surface area contributed by atoms with Crippen LogP contribution in [0.2, 0.25) is 5.02 Å². The predicted molar refractivity (Wildman–Crippen MR) is 114 cm³/mol. The summed E-state index contributed by atoms with van der Waals surface area (Å²) in [4.78, 5) is 15.7. The average Bonchev–Trinajstić information content (AvgIpc) is 3.14. The van der Waals surface area contributed by atoms with Crippen LogP contribution in [-0.2, 0) is 6.18 Å². The Labute approximate surface area is 178 Å². The minimum Gasteiger partial charge on any atom is -0.339 e. The zero-order valence-corrected chi connectivity index (χ0v) is 16.5. The summed E-state index contributed by atoms with van der Waals surface area (Å²) in [5, 5.41) is 5.56. The Hall–Kier alpha value is -3.58. The lowest BCUT2D eigenvalue weighted by Crippen LogP contribution is -2.15. The molecule has 8 heteroatoms. The van der Waals surface area contributed by atoms with Gasteiger partial charge >= 0.3 is 6.18 Å². The van der Waals surface area contributed by atoms with E-state index in [0.29, 0.717) is 27.2 Å². The summed E-state index contributed by atoms with van der Waals surface area (Å²) in [6.45, 7) is 0. The number of benzene rings is 3. The third-order valence-electron chi connectivity index (χ3n) is 5.10. The number of fused-ring (bicyclic) bond motifs is 2. The van der Waals surface area contributed by atoms with Gasteiger partial charge in [0.25, 0.3) is 5.56 Å². The minimum atomic E-state index is -4.75. The second-order valence-electron chi connectivity index (χ2n) is 7.04. The van der Waals surface area contributed by atoms with Crippen molar-refractivity contribution in [3.63, 3.8) is 0 Å². The minimum absolute atomic E-state index is 0.0267. The molecule has 2 heterocycles. The Morgan fingerprint density at radius 3 is 2.39 bits per heavy atom. The number of nitrogens with one attached hydrogen (secondary N) is 1. The predicted octanol–water partition coefficient (Wildman–Crippen LogP) is 6.18. The molecule has 0 amide bonds. The summed E-state index contributed by atoms with van der Waals surface area (Å²) < 4.78 is 42.7. The van der Waals surface area contributed by atoms with Crippen molar-refractivity contribution in [3.05, 3.63) is 93.9 Å². The first-order valence-corrected chi connectivity index (χ1v) is 9.68. The van der Waals surface area contributed by atoms with E-state index in [0.717, 1.165) is 9.90 Å². The molecule has 5 aromatic rings. The van der Waals surface area contributed by atoms with Gasteiger partial charge < -0.3 is 4.98 Å². The summed E-state index contributed by atoms with van der Waals surface area (Å²) in [7, 11) is 0. The summed E-state index contributed by atoms with van der Waals surface area (Å²) in [6, 6.07) is 20.1. The van der Waals surface area contributed by atoms with Gasteiger partial charge in [-0.05, 0) is 34.0 Å². The molecule has 0 unspecified atom stereocenters. The molecule has 0 radical (unpaired) electrons. The second-order valence-corrected chi connectivity index (χ2v) is 7.47. The maximum absolute atomic E-state index is 14.0. The van der Waals surface area contributed by atoms with Gasteiger partial charge in [-0.25, -0.2) is 0 Å². The summed E-state index contributed by atoms with van der Waals surface area (Å²) in [5.41, 5.74) is -0.671. The number of hydrogen-bond acceptors (Lipinski definition) is 2. The zero-order chi connectivity index (χ0) is 21.8. The van der Waals surface area contributed by atoms with E-state index in [1.54, 1.807) is 48.5 Å². The fourth-order valence-electron chi connectivity index (χ4n) is 3.72. The Balaban J connectivity index is 1.89. The molecule has 4 nitrogen and oxygen atoms in total. The van der Waals surface area contributed by atoms with Gasteiger partial charge in [0.1, 0.15) is 5.65 Å². The van der Waals surface area contributed by atoms with Crippen LogP contribution in [0.1, 0.15) is 5.69 Å². The van der Waals surface area contributed by atoms with Gasteiger partial charge in [0.2, 0.25) is 0 Å². The molecule has 0 bridgehead atoms. The van der Waals surface area contributed by atoms with Crippen LogP contribution in [0.5, 0.6) is 0 Å². The fraction of sp³-hybridized carbons (Fsp3) is 0.0435. The van der Waals surface area contributed by atoms with Crippen LogP contribution >= 0.6 is 11.6 Å². The van der Waals surface area contributed by atoms with E-state index in [1.165, 1.54) is 6.07 Å². The van der Waals surface area contributed by atoms with Crippen molar-refractivity contribution in [2.24, 2.45) is 0 Å². The molecule has 0 aliphatic carbocycles. The third-order valence-corrected chi connectivity index (χ3v) is 5.35. The highest BCUT2D eigenvalue weighted by Gasteiger charge is 2.39. The molecule has 0 saturated carbocycles. The average molecular weight is 440 g/mol. The Kier molecular flexibility index (Phi) is 4.37. The quantitative estimate of drug-likeness (QED) is 0.357. The molecule has 3 aromatic carbocycles. The zero-order valence-electron chi connectivity index (χ0n) is 15.7.